The van der Waals surface area contributed by atoms with E-state index in [-0.39, 0.29) is 35.3 Å². The number of hydrogen-bond acceptors (Lipinski definition) is 4. The van der Waals surface area contributed by atoms with Crippen molar-refractivity contribution < 1.29 is 42.5 Å². The van der Waals surface area contributed by atoms with Crippen LogP contribution in [0.15, 0.2) is 0 Å². The summed E-state index contributed by atoms with van der Waals surface area (Å²) in [6, 6.07) is 0. The molecule has 0 radical (unpaired) electrons. The fraction of sp³-hybridized carbons (Fsp3) is 1.00. The van der Waals surface area contributed by atoms with Gasteiger partial charge in [0.05, 0.1) is 10.1 Å². The summed E-state index contributed by atoms with van der Waals surface area (Å²) in [6.07, 6.45) is 5.21. The van der Waals surface area contributed by atoms with Gasteiger partial charge >= 0.3 is 29.6 Å². The molecule has 0 aromatic carbocycles. The van der Waals surface area contributed by atoms with Crippen LogP contribution in [-0.4, -0.2) is 31.8 Å². The molecule has 0 aliphatic heterocycles. The third-order valence-electron chi connectivity index (χ3n) is 1.95. The Morgan fingerprint density at radius 2 is 1.67 bits per heavy atom. The molecule has 0 aromatic heterocycles. The van der Waals surface area contributed by atoms with Gasteiger partial charge in [-0.05, 0) is 25.9 Å². The molecule has 0 saturated heterocycles. The maximum absolute atomic E-state index is 10.2. The Hall–Kier alpha value is 0.870. The fourth-order valence-electron chi connectivity index (χ4n) is 1.18. The van der Waals surface area contributed by atoms with Gasteiger partial charge in [-0.2, -0.15) is 0 Å². The summed E-state index contributed by atoms with van der Waals surface area (Å²) in [4.78, 5) is 0. The molecule has 0 atom stereocenters. The van der Waals surface area contributed by atoms with Crippen molar-refractivity contribution in [1.82, 2.24) is 5.32 Å². The van der Waals surface area contributed by atoms with E-state index in [1.165, 1.54) is 19.3 Å². The Morgan fingerprint density at radius 3 is 2.20 bits per heavy atom. The zero-order valence-corrected chi connectivity index (χ0v) is 12.6. The van der Waals surface area contributed by atoms with Crippen LogP contribution >= 0.6 is 0 Å². The minimum atomic E-state index is -4.02. The summed E-state index contributed by atoms with van der Waals surface area (Å²) >= 11 is 0. The monoisotopic (exact) mass is 245 g/mol. The predicted octanol–water partition coefficient (Wildman–Crippen LogP) is -1.90. The molecule has 0 aliphatic rings. The quantitative estimate of drug-likeness (QED) is 0.292. The van der Waals surface area contributed by atoms with Gasteiger partial charge in [-0.1, -0.05) is 26.2 Å². The standard InChI is InChI=1S/C9H21NO3S.Na/c1-2-3-4-5-7-10-8-6-9-14(11,12)13;/h10H,2-9H2,1H3,(H,11,12,13);/q;+1/p-1. The molecule has 0 amide bonds. The summed E-state index contributed by atoms with van der Waals surface area (Å²) in [6.45, 7) is 3.69. The maximum Gasteiger partial charge on any atom is 1.00 e. The van der Waals surface area contributed by atoms with Gasteiger partial charge in [0.15, 0.2) is 0 Å². The normalized spacial score (nSPS) is 11.1. The molecule has 0 bridgehead atoms. The Balaban J connectivity index is 0. The Morgan fingerprint density at radius 1 is 1.07 bits per heavy atom. The van der Waals surface area contributed by atoms with Crippen LogP contribution in [0.25, 0.3) is 0 Å². The van der Waals surface area contributed by atoms with Gasteiger partial charge < -0.3 is 9.87 Å². The van der Waals surface area contributed by atoms with E-state index in [0.29, 0.717) is 13.0 Å². The number of nitrogens with one attached hydrogen (secondary N) is 1. The zero-order valence-electron chi connectivity index (χ0n) is 9.79. The van der Waals surface area contributed by atoms with Gasteiger partial charge in [-0.25, -0.2) is 8.42 Å². The molecule has 15 heavy (non-hydrogen) atoms. The van der Waals surface area contributed by atoms with Crippen molar-refractivity contribution in [2.24, 2.45) is 0 Å². The molecule has 1 N–H and O–H groups in total. The predicted molar refractivity (Wildman–Crippen MR) is 56.2 cm³/mol. The molecule has 0 saturated carbocycles. The molecule has 4 nitrogen and oxygen atoms in total. The van der Waals surface area contributed by atoms with Crippen molar-refractivity contribution in [1.29, 1.82) is 0 Å². The SMILES string of the molecule is CCCCCCNCCCS(=O)(=O)[O-].[Na+]. The van der Waals surface area contributed by atoms with E-state index in [0.717, 1.165) is 13.0 Å². The third-order valence-corrected chi connectivity index (χ3v) is 2.74. The first-order chi connectivity index (χ1) is 6.56. The smallest absolute Gasteiger partial charge is 0.748 e. The second-order valence-electron chi connectivity index (χ2n) is 3.43. The van der Waals surface area contributed by atoms with Crippen molar-refractivity contribution in [3.63, 3.8) is 0 Å². The Labute approximate surface area is 115 Å². The minimum absolute atomic E-state index is 0. The van der Waals surface area contributed by atoms with E-state index in [9.17, 15) is 13.0 Å². The average molecular weight is 245 g/mol. The first-order valence-electron chi connectivity index (χ1n) is 5.20. The van der Waals surface area contributed by atoms with Gasteiger partial charge in [0.25, 0.3) is 0 Å². The molecule has 0 heterocycles. The molecule has 0 rings (SSSR count). The molecule has 86 valence electrons. The number of unbranched alkanes of at least 4 members (excludes halogenated alkanes) is 3. The van der Waals surface area contributed by atoms with Gasteiger partial charge in [-0.15, -0.1) is 0 Å². The molecule has 0 spiro atoms. The van der Waals surface area contributed by atoms with Gasteiger partial charge in [0.1, 0.15) is 0 Å². The van der Waals surface area contributed by atoms with Crippen molar-refractivity contribution in [2.75, 3.05) is 18.8 Å². The minimum Gasteiger partial charge on any atom is -0.748 e. The number of hydrogen-bond donors (Lipinski definition) is 1. The summed E-state index contributed by atoms with van der Waals surface area (Å²) in [5.41, 5.74) is 0. The molecule has 0 fully saturated rings. The average Bonchev–Trinajstić information content (AvgIpc) is 2.08. The topological polar surface area (TPSA) is 69.2 Å². The Kier molecular flexibility index (Phi) is 13.8. The van der Waals surface area contributed by atoms with E-state index in [4.69, 9.17) is 0 Å². The summed E-state index contributed by atoms with van der Waals surface area (Å²) in [5.74, 6) is -0.255. The van der Waals surface area contributed by atoms with E-state index in [1.807, 2.05) is 0 Å². The second-order valence-corrected chi connectivity index (χ2v) is 4.95. The van der Waals surface area contributed by atoms with Crippen LogP contribution in [0.4, 0.5) is 0 Å². The van der Waals surface area contributed by atoms with Crippen LogP contribution in [0.2, 0.25) is 0 Å². The van der Waals surface area contributed by atoms with Crippen LogP contribution in [0.5, 0.6) is 0 Å². The van der Waals surface area contributed by atoms with Crippen molar-refractivity contribution >= 4 is 10.1 Å². The first-order valence-corrected chi connectivity index (χ1v) is 6.78. The van der Waals surface area contributed by atoms with Gasteiger partial charge in [-0.3, -0.25) is 0 Å². The molecule has 0 unspecified atom stereocenters. The van der Waals surface area contributed by atoms with Crippen molar-refractivity contribution in [3.8, 4) is 0 Å². The summed E-state index contributed by atoms with van der Waals surface area (Å²) in [5, 5.41) is 3.11. The van der Waals surface area contributed by atoms with Crippen LogP contribution in [0.1, 0.15) is 39.0 Å². The second kappa shape index (κ2) is 11.4. The van der Waals surface area contributed by atoms with Gasteiger partial charge in [0, 0.05) is 5.75 Å². The fourth-order valence-corrected chi connectivity index (χ4v) is 1.67. The van der Waals surface area contributed by atoms with E-state index in [2.05, 4.69) is 12.2 Å². The summed E-state index contributed by atoms with van der Waals surface area (Å²) in [7, 11) is -4.02. The van der Waals surface area contributed by atoms with Crippen LogP contribution in [0.3, 0.4) is 0 Å². The number of rotatable bonds is 9. The largest absolute Gasteiger partial charge is 1.00 e. The maximum atomic E-state index is 10.2. The third kappa shape index (κ3) is 17.5. The van der Waals surface area contributed by atoms with Crippen LogP contribution < -0.4 is 34.9 Å². The molecular weight excluding hydrogens is 225 g/mol. The van der Waals surface area contributed by atoms with Crippen LogP contribution in [-0.2, 0) is 10.1 Å². The molecule has 0 aromatic rings. The van der Waals surface area contributed by atoms with E-state index in [1.54, 1.807) is 0 Å². The first kappa shape index (κ1) is 18.2. The zero-order chi connectivity index (χ0) is 10.9. The van der Waals surface area contributed by atoms with Crippen molar-refractivity contribution in [3.05, 3.63) is 0 Å². The van der Waals surface area contributed by atoms with E-state index >= 15 is 0 Å². The molecule has 6 heteroatoms. The van der Waals surface area contributed by atoms with Gasteiger partial charge in [0.2, 0.25) is 0 Å². The van der Waals surface area contributed by atoms with Crippen molar-refractivity contribution in [2.45, 2.75) is 39.0 Å². The van der Waals surface area contributed by atoms with Crippen LogP contribution in [0, 0.1) is 0 Å². The molecule has 0 aliphatic carbocycles. The molecular formula is C9H20NNaO3S. The van der Waals surface area contributed by atoms with E-state index < -0.39 is 10.1 Å². The summed E-state index contributed by atoms with van der Waals surface area (Å²) < 4.78 is 30.7. The Bertz CT molecular complexity index is 219.